The van der Waals surface area contributed by atoms with Crippen LogP contribution in [0, 0.1) is 0 Å². The lowest BCUT2D eigenvalue weighted by Gasteiger charge is -2.04. The molecule has 1 aromatic heterocycles. The summed E-state index contributed by atoms with van der Waals surface area (Å²) in [7, 11) is 0. The minimum absolute atomic E-state index is 0.227. The second kappa shape index (κ2) is 3.38. The number of hydrogen-bond donors (Lipinski definition) is 2. The van der Waals surface area contributed by atoms with Crippen LogP contribution in [0.15, 0.2) is 42.7 Å². The Morgan fingerprint density at radius 2 is 1.79 bits per heavy atom. The zero-order chi connectivity index (χ0) is 9.97. The van der Waals surface area contributed by atoms with Crippen LogP contribution >= 0.6 is 0 Å². The number of nitrogen functional groups attached to an aromatic ring is 1. The monoisotopic (exact) mass is 186 g/mol. The molecule has 14 heavy (non-hydrogen) atoms. The molecule has 0 unspecified atom stereocenters. The Morgan fingerprint density at radius 3 is 2.50 bits per heavy atom. The number of phenols is 1. The van der Waals surface area contributed by atoms with E-state index in [0.29, 0.717) is 5.69 Å². The molecule has 2 rings (SSSR count). The number of pyridine rings is 1. The standard InChI is InChI=1S/C11H10N2O/c12-9-1-2-11(14)10(7-9)8-3-5-13-6-4-8/h1-7,14H,12H2. The Hall–Kier alpha value is -2.03. The maximum Gasteiger partial charge on any atom is 0.123 e. The molecular weight excluding hydrogens is 176 g/mol. The Bertz CT molecular complexity index is 440. The summed E-state index contributed by atoms with van der Waals surface area (Å²) in [6.45, 7) is 0. The van der Waals surface area contributed by atoms with E-state index in [1.807, 2.05) is 12.1 Å². The third-order valence-electron chi connectivity index (χ3n) is 2.01. The van der Waals surface area contributed by atoms with Crippen molar-refractivity contribution in [1.29, 1.82) is 0 Å². The van der Waals surface area contributed by atoms with Crippen LogP contribution in [0.2, 0.25) is 0 Å². The predicted octanol–water partition coefficient (Wildman–Crippen LogP) is 2.04. The smallest absolute Gasteiger partial charge is 0.123 e. The van der Waals surface area contributed by atoms with Gasteiger partial charge in [-0.1, -0.05) is 0 Å². The molecular formula is C11H10N2O. The van der Waals surface area contributed by atoms with Crippen LogP contribution < -0.4 is 5.73 Å². The van der Waals surface area contributed by atoms with Crippen molar-refractivity contribution in [2.75, 3.05) is 5.73 Å². The lowest BCUT2D eigenvalue weighted by atomic mass is 10.1. The molecule has 0 radical (unpaired) electrons. The highest BCUT2D eigenvalue weighted by Crippen LogP contribution is 2.30. The van der Waals surface area contributed by atoms with Crippen molar-refractivity contribution >= 4 is 5.69 Å². The van der Waals surface area contributed by atoms with Gasteiger partial charge >= 0.3 is 0 Å². The maximum atomic E-state index is 9.61. The molecule has 0 amide bonds. The van der Waals surface area contributed by atoms with Crippen LogP contribution in [0.4, 0.5) is 5.69 Å². The molecule has 3 nitrogen and oxygen atoms in total. The third kappa shape index (κ3) is 1.52. The van der Waals surface area contributed by atoms with E-state index in [9.17, 15) is 5.11 Å². The molecule has 0 saturated heterocycles. The van der Waals surface area contributed by atoms with Crippen LogP contribution in [-0.2, 0) is 0 Å². The molecule has 1 aromatic carbocycles. The summed E-state index contributed by atoms with van der Waals surface area (Å²) in [6.07, 6.45) is 3.36. The quantitative estimate of drug-likeness (QED) is 0.529. The molecule has 0 saturated carbocycles. The molecule has 3 N–H and O–H groups in total. The Balaban J connectivity index is 2.57. The summed E-state index contributed by atoms with van der Waals surface area (Å²) in [5.41, 5.74) is 7.91. The highest BCUT2D eigenvalue weighted by atomic mass is 16.3. The van der Waals surface area contributed by atoms with E-state index in [1.54, 1.807) is 30.6 Å². The topological polar surface area (TPSA) is 59.1 Å². The van der Waals surface area contributed by atoms with Crippen LogP contribution in [0.3, 0.4) is 0 Å². The van der Waals surface area contributed by atoms with Gasteiger partial charge in [-0.25, -0.2) is 0 Å². The molecule has 0 bridgehead atoms. The number of nitrogens with two attached hydrogens (primary N) is 1. The number of phenolic OH excluding ortho intramolecular Hbond substituents is 1. The van der Waals surface area contributed by atoms with Crippen molar-refractivity contribution in [3.63, 3.8) is 0 Å². The highest BCUT2D eigenvalue weighted by Gasteiger charge is 2.03. The first-order valence-electron chi connectivity index (χ1n) is 4.26. The fourth-order valence-electron chi connectivity index (χ4n) is 1.32. The van der Waals surface area contributed by atoms with Crippen molar-refractivity contribution in [2.45, 2.75) is 0 Å². The number of aromatic hydroxyl groups is 1. The summed E-state index contributed by atoms with van der Waals surface area (Å²) in [5.74, 6) is 0.227. The van der Waals surface area contributed by atoms with Gasteiger partial charge in [-0.15, -0.1) is 0 Å². The van der Waals surface area contributed by atoms with Crippen LogP contribution in [0.1, 0.15) is 0 Å². The van der Waals surface area contributed by atoms with E-state index >= 15 is 0 Å². The zero-order valence-corrected chi connectivity index (χ0v) is 7.51. The van der Waals surface area contributed by atoms with Crippen LogP contribution in [0.5, 0.6) is 5.75 Å². The molecule has 70 valence electrons. The fraction of sp³-hybridized carbons (Fsp3) is 0. The molecule has 0 aliphatic rings. The first-order chi connectivity index (χ1) is 6.77. The Kier molecular flexibility index (Phi) is 2.07. The number of nitrogens with zero attached hydrogens (tertiary/aromatic N) is 1. The number of anilines is 1. The molecule has 0 spiro atoms. The first kappa shape index (κ1) is 8.56. The molecule has 1 heterocycles. The zero-order valence-electron chi connectivity index (χ0n) is 7.51. The van der Waals surface area contributed by atoms with E-state index in [2.05, 4.69) is 4.98 Å². The van der Waals surface area contributed by atoms with Crippen molar-refractivity contribution in [3.05, 3.63) is 42.7 Å². The minimum atomic E-state index is 0.227. The molecule has 0 atom stereocenters. The molecule has 3 heteroatoms. The molecule has 2 aromatic rings. The minimum Gasteiger partial charge on any atom is -0.507 e. The van der Waals surface area contributed by atoms with Gasteiger partial charge in [0.25, 0.3) is 0 Å². The van der Waals surface area contributed by atoms with Crippen LogP contribution in [-0.4, -0.2) is 10.1 Å². The van der Waals surface area contributed by atoms with Gasteiger partial charge in [0.1, 0.15) is 5.75 Å². The van der Waals surface area contributed by atoms with Gasteiger partial charge in [-0.05, 0) is 35.9 Å². The fourth-order valence-corrected chi connectivity index (χ4v) is 1.32. The van der Waals surface area contributed by atoms with Gasteiger partial charge in [0.2, 0.25) is 0 Å². The summed E-state index contributed by atoms with van der Waals surface area (Å²) >= 11 is 0. The second-order valence-corrected chi connectivity index (χ2v) is 3.01. The van der Waals surface area contributed by atoms with E-state index in [1.165, 1.54) is 0 Å². The normalized spacial score (nSPS) is 10.0. The van der Waals surface area contributed by atoms with Crippen LogP contribution in [0.25, 0.3) is 11.1 Å². The van der Waals surface area contributed by atoms with Crippen molar-refractivity contribution in [2.24, 2.45) is 0 Å². The largest absolute Gasteiger partial charge is 0.507 e. The predicted molar refractivity (Wildman–Crippen MR) is 55.8 cm³/mol. The second-order valence-electron chi connectivity index (χ2n) is 3.01. The number of rotatable bonds is 1. The number of aromatic nitrogens is 1. The lowest BCUT2D eigenvalue weighted by molar-refractivity contribution is 0.477. The average Bonchev–Trinajstić information content (AvgIpc) is 2.23. The van der Waals surface area contributed by atoms with Gasteiger partial charge in [-0.3, -0.25) is 4.98 Å². The van der Waals surface area contributed by atoms with Gasteiger partial charge < -0.3 is 10.8 Å². The Morgan fingerprint density at radius 1 is 1.07 bits per heavy atom. The third-order valence-corrected chi connectivity index (χ3v) is 2.01. The van der Waals surface area contributed by atoms with Gasteiger partial charge in [0.15, 0.2) is 0 Å². The van der Waals surface area contributed by atoms with Gasteiger partial charge in [-0.2, -0.15) is 0 Å². The summed E-state index contributed by atoms with van der Waals surface area (Å²) in [6, 6.07) is 8.65. The van der Waals surface area contributed by atoms with Gasteiger partial charge in [0, 0.05) is 23.6 Å². The number of hydrogen-bond acceptors (Lipinski definition) is 3. The van der Waals surface area contributed by atoms with E-state index in [0.717, 1.165) is 11.1 Å². The lowest BCUT2D eigenvalue weighted by Crippen LogP contribution is -1.86. The first-order valence-corrected chi connectivity index (χ1v) is 4.26. The van der Waals surface area contributed by atoms with E-state index < -0.39 is 0 Å². The molecule has 0 aliphatic heterocycles. The molecule has 0 aliphatic carbocycles. The maximum absolute atomic E-state index is 9.61. The molecule has 0 fully saturated rings. The Labute approximate surface area is 81.8 Å². The SMILES string of the molecule is Nc1ccc(O)c(-c2ccncc2)c1. The van der Waals surface area contributed by atoms with Gasteiger partial charge in [0.05, 0.1) is 0 Å². The summed E-state index contributed by atoms with van der Waals surface area (Å²) in [4.78, 5) is 3.91. The van der Waals surface area contributed by atoms with E-state index in [-0.39, 0.29) is 5.75 Å². The van der Waals surface area contributed by atoms with E-state index in [4.69, 9.17) is 5.73 Å². The average molecular weight is 186 g/mol. The van der Waals surface area contributed by atoms with Crippen molar-refractivity contribution < 1.29 is 5.11 Å². The summed E-state index contributed by atoms with van der Waals surface area (Å²) in [5, 5.41) is 9.61. The highest BCUT2D eigenvalue weighted by molar-refractivity contribution is 5.73. The number of benzene rings is 1. The van der Waals surface area contributed by atoms with Crippen molar-refractivity contribution in [1.82, 2.24) is 4.98 Å². The van der Waals surface area contributed by atoms with Crippen molar-refractivity contribution in [3.8, 4) is 16.9 Å². The summed E-state index contributed by atoms with van der Waals surface area (Å²) < 4.78 is 0.